The van der Waals surface area contributed by atoms with Crippen LogP contribution in [0.3, 0.4) is 0 Å². The molecule has 0 amide bonds. The van der Waals surface area contributed by atoms with Crippen LogP contribution < -0.4 is 0 Å². The molecule has 0 heteroatoms. The van der Waals surface area contributed by atoms with E-state index in [1.807, 2.05) is 0 Å². The number of hydrogen-bond acceptors (Lipinski definition) is 0. The molecule has 0 bridgehead atoms. The molecule has 0 aromatic carbocycles. The van der Waals surface area contributed by atoms with Gasteiger partial charge in [-0.05, 0) is 122 Å². The van der Waals surface area contributed by atoms with E-state index in [0.29, 0.717) is 10.8 Å². The molecule has 0 aliphatic heterocycles. The van der Waals surface area contributed by atoms with Gasteiger partial charge in [-0.1, -0.05) is 60.0 Å². The first-order chi connectivity index (χ1) is 14.3. The summed E-state index contributed by atoms with van der Waals surface area (Å²) in [6, 6.07) is 0. The summed E-state index contributed by atoms with van der Waals surface area (Å²) >= 11 is 0. The Hall–Kier alpha value is -0.260. The predicted molar refractivity (Wildman–Crippen MR) is 131 cm³/mol. The smallest absolute Gasteiger partial charge is 0.0264 e. The van der Waals surface area contributed by atoms with Crippen LogP contribution in [0.1, 0.15) is 118 Å². The Labute approximate surface area is 189 Å². The van der Waals surface area contributed by atoms with Gasteiger partial charge in [0.2, 0.25) is 0 Å². The quantitative estimate of drug-likeness (QED) is 0.365. The maximum Gasteiger partial charge on any atom is -0.0264 e. The maximum atomic E-state index is 4.03. The second-order valence-electron chi connectivity index (χ2n) is 13.4. The summed E-state index contributed by atoms with van der Waals surface area (Å²) in [5.74, 6) is 7.89. The van der Waals surface area contributed by atoms with Crippen molar-refractivity contribution < 1.29 is 0 Å². The zero-order valence-corrected chi connectivity index (χ0v) is 21.1. The van der Waals surface area contributed by atoms with Gasteiger partial charge in [0, 0.05) is 0 Å². The van der Waals surface area contributed by atoms with Crippen LogP contribution in [0.4, 0.5) is 0 Å². The zero-order valence-electron chi connectivity index (χ0n) is 21.1. The molecule has 0 aromatic rings. The molecule has 0 N–H and O–H groups in total. The number of fused-ring (bicyclic) bond motifs is 5. The fraction of sp³-hybridized carbons (Fsp3) is 0.933. The number of hydrogen-bond donors (Lipinski definition) is 0. The summed E-state index contributed by atoms with van der Waals surface area (Å²) in [6.07, 6.45) is 21.6. The van der Waals surface area contributed by atoms with Gasteiger partial charge in [-0.15, -0.1) is 6.58 Å². The Morgan fingerprint density at radius 2 is 1.60 bits per heavy atom. The van der Waals surface area contributed by atoms with E-state index in [9.17, 15) is 0 Å². The molecule has 4 aliphatic rings. The minimum Gasteiger partial charge on any atom is -0.103 e. The van der Waals surface area contributed by atoms with Crippen LogP contribution in [0.5, 0.6) is 0 Å². The van der Waals surface area contributed by atoms with E-state index in [0.717, 1.165) is 47.3 Å². The average Bonchev–Trinajstić information content (AvgIpc) is 3.05. The first kappa shape index (κ1) is 22.9. The molecule has 0 spiro atoms. The van der Waals surface area contributed by atoms with Gasteiger partial charge in [0.1, 0.15) is 0 Å². The van der Waals surface area contributed by atoms with Crippen molar-refractivity contribution in [2.75, 3.05) is 0 Å². The highest BCUT2D eigenvalue weighted by Crippen LogP contribution is 2.68. The maximum absolute atomic E-state index is 4.03. The van der Waals surface area contributed by atoms with E-state index in [1.54, 1.807) is 19.3 Å². The second kappa shape index (κ2) is 8.94. The highest BCUT2D eigenvalue weighted by atomic mass is 14.6. The monoisotopic (exact) mass is 412 g/mol. The molecule has 4 saturated carbocycles. The van der Waals surface area contributed by atoms with E-state index >= 15 is 0 Å². The number of rotatable bonds is 7. The minimum atomic E-state index is 0.654. The predicted octanol–water partition coefficient (Wildman–Crippen LogP) is 9.30. The Morgan fingerprint density at radius 3 is 2.33 bits per heavy atom. The van der Waals surface area contributed by atoms with Crippen LogP contribution in [-0.2, 0) is 0 Å². The average molecular weight is 413 g/mol. The van der Waals surface area contributed by atoms with Crippen LogP contribution in [0, 0.1) is 58.2 Å². The molecule has 172 valence electrons. The third-order valence-electron chi connectivity index (χ3n) is 11.5. The molecule has 0 saturated heterocycles. The lowest BCUT2D eigenvalue weighted by atomic mass is 9.44. The topological polar surface area (TPSA) is 0 Å². The van der Waals surface area contributed by atoms with Crippen molar-refractivity contribution in [1.82, 2.24) is 0 Å². The molecule has 0 unspecified atom stereocenters. The Bertz CT molecular complexity index is 589. The largest absolute Gasteiger partial charge is 0.103 e. The highest BCUT2D eigenvalue weighted by molar-refractivity contribution is 5.09. The summed E-state index contributed by atoms with van der Waals surface area (Å²) in [5, 5.41) is 0. The van der Waals surface area contributed by atoms with Gasteiger partial charge in [0.15, 0.2) is 0 Å². The summed E-state index contributed by atoms with van der Waals surface area (Å²) in [6.45, 7) is 16.9. The molecular weight excluding hydrogens is 360 g/mol. The lowest BCUT2D eigenvalue weighted by Gasteiger charge is -2.61. The molecular formula is C30H52. The minimum absolute atomic E-state index is 0.654. The fourth-order valence-electron chi connectivity index (χ4n) is 9.82. The second-order valence-corrected chi connectivity index (χ2v) is 13.4. The van der Waals surface area contributed by atoms with Crippen molar-refractivity contribution >= 4 is 0 Å². The number of allylic oxidation sites excluding steroid dienone is 1. The Kier molecular flexibility index (Phi) is 6.83. The summed E-state index contributed by atoms with van der Waals surface area (Å²) in [4.78, 5) is 0. The van der Waals surface area contributed by atoms with Crippen molar-refractivity contribution in [1.29, 1.82) is 0 Å². The fourth-order valence-corrected chi connectivity index (χ4v) is 9.82. The summed E-state index contributed by atoms with van der Waals surface area (Å²) in [5.41, 5.74) is 1.31. The van der Waals surface area contributed by atoms with Crippen molar-refractivity contribution in [3.63, 3.8) is 0 Å². The standard InChI is InChI=1S/C30H52/c1-7-9-23-16-18-29(5)24(20-23)12-13-25-27-15-14-26(22(4)11-8-10-21(2)3)30(27,6)19-17-28(25)29/h7,21-28H,1,8-20H2,2-6H3/t22-,23+,24+,25+,26-,27+,28+,29+,30-/m1/s1. The normalized spacial score (nSPS) is 46.7. The molecule has 4 fully saturated rings. The summed E-state index contributed by atoms with van der Waals surface area (Å²) < 4.78 is 0. The highest BCUT2D eigenvalue weighted by Gasteiger charge is 2.60. The van der Waals surface area contributed by atoms with Crippen LogP contribution in [0.2, 0.25) is 0 Å². The molecule has 9 atom stereocenters. The lowest BCUT2D eigenvalue weighted by Crippen LogP contribution is -2.53. The molecule has 4 aliphatic carbocycles. The van der Waals surface area contributed by atoms with Crippen molar-refractivity contribution in [2.24, 2.45) is 58.2 Å². The van der Waals surface area contributed by atoms with Gasteiger partial charge >= 0.3 is 0 Å². The molecule has 4 rings (SSSR count). The third-order valence-corrected chi connectivity index (χ3v) is 11.5. The Morgan fingerprint density at radius 1 is 0.867 bits per heavy atom. The lowest BCUT2D eigenvalue weighted by molar-refractivity contribution is -0.121. The van der Waals surface area contributed by atoms with Crippen LogP contribution in [0.25, 0.3) is 0 Å². The summed E-state index contributed by atoms with van der Waals surface area (Å²) in [7, 11) is 0. The molecule has 30 heavy (non-hydrogen) atoms. The molecule has 0 heterocycles. The van der Waals surface area contributed by atoms with Gasteiger partial charge in [-0.3, -0.25) is 0 Å². The van der Waals surface area contributed by atoms with Crippen molar-refractivity contribution in [3.8, 4) is 0 Å². The van der Waals surface area contributed by atoms with Gasteiger partial charge in [-0.25, -0.2) is 0 Å². The third kappa shape index (κ3) is 3.96. The van der Waals surface area contributed by atoms with E-state index < -0.39 is 0 Å². The van der Waals surface area contributed by atoms with Gasteiger partial charge in [-0.2, -0.15) is 0 Å². The van der Waals surface area contributed by atoms with E-state index in [-0.39, 0.29) is 0 Å². The first-order valence-electron chi connectivity index (χ1n) is 13.9. The van der Waals surface area contributed by atoms with Crippen LogP contribution in [0.15, 0.2) is 12.7 Å². The molecule has 0 radical (unpaired) electrons. The Balaban J connectivity index is 1.44. The van der Waals surface area contributed by atoms with Crippen molar-refractivity contribution in [3.05, 3.63) is 12.7 Å². The van der Waals surface area contributed by atoms with Crippen molar-refractivity contribution in [2.45, 2.75) is 118 Å². The zero-order chi connectivity index (χ0) is 21.5. The van der Waals surface area contributed by atoms with Gasteiger partial charge < -0.3 is 0 Å². The van der Waals surface area contributed by atoms with Gasteiger partial charge in [0.05, 0.1) is 0 Å². The van der Waals surface area contributed by atoms with Crippen LogP contribution >= 0.6 is 0 Å². The van der Waals surface area contributed by atoms with Gasteiger partial charge in [0.25, 0.3) is 0 Å². The van der Waals surface area contributed by atoms with E-state index in [1.165, 1.54) is 64.2 Å². The van der Waals surface area contributed by atoms with E-state index in [4.69, 9.17) is 0 Å². The van der Waals surface area contributed by atoms with E-state index in [2.05, 4.69) is 47.3 Å². The SMILES string of the molecule is C=CC[C@H]1CC[C@@]2(C)[C@@H](CC[C@@H]3[C@@H]2CC[C@]2(C)[C@@H]([C@H](C)CCCC(C)C)CC[C@@H]32)C1. The first-order valence-corrected chi connectivity index (χ1v) is 13.9. The molecule has 0 nitrogen and oxygen atoms in total. The van der Waals surface area contributed by atoms with Crippen LogP contribution in [-0.4, -0.2) is 0 Å². The molecule has 0 aromatic heterocycles.